The van der Waals surface area contributed by atoms with E-state index in [1.54, 1.807) is 30.3 Å². The van der Waals surface area contributed by atoms with Gasteiger partial charge in [0, 0.05) is 36.8 Å². The average molecular weight is 1070 g/mol. The van der Waals surface area contributed by atoms with Crippen LogP contribution in [0.2, 0.25) is 0 Å². The van der Waals surface area contributed by atoms with E-state index in [2.05, 4.69) is 53.5 Å². The van der Waals surface area contributed by atoms with Crippen molar-refractivity contribution in [1.82, 2.24) is 4.90 Å². The first-order valence-electron chi connectivity index (χ1n) is 29.2. The van der Waals surface area contributed by atoms with Crippen LogP contribution in [-0.4, -0.2) is 85.0 Å². The molecule has 0 radical (unpaired) electrons. The third-order valence-electron chi connectivity index (χ3n) is 14.0. The molecule has 0 spiro atoms. The molecule has 0 N–H and O–H groups in total. The van der Waals surface area contributed by atoms with Gasteiger partial charge in [0.1, 0.15) is 11.9 Å². The quantitative estimate of drug-likeness (QED) is 0.0216. The molecule has 4 rings (SSSR count). The maximum Gasteiger partial charge on any atom is 0.395 e. The molecule has 0 amide bonds. The van der Waals surface area contributed by atoms with Crippen molar-refractivity contribution < 1.29 is 52.0 Å². The van der Waals surface area contributed by atoms with E-state index in [0.717, 1.165) is 63.4 Å². The van der Waals surface area contributed by atoms with Gasteiger partial charge in [-0.3, -0.25) is 14.5 Å². The molecule has 0 aliphatic carbocycles. The molecule has 2 atom stereocenters. The Labute approximate surface area is 457 Å². The highest BCUT2D eigenvalue weighted by molar-refractivity contribution is 7.17. The van der Waals surface area contributed by atoms with Crippen molar-refractivity contribution >= 4 is 32.6 Å². The number of esters is 4. The number of hydrogen-bond acceptors (Lipinski definition) is 12. The van der Waals surface area contributed by atoms with E-state index in [1.165, 1.54) is 103 Å². The number of carbonyl (C=O) groups is 4. The van der Waals surface area contributed by atoms with Gasteiger partial charge in [-0.25, -0.2) is 14.2 Å². The first kappa shape index (κ1) is 69.2. The van der Waals surface area contributed by atoms with E-state index < -0.39 is 11.9 Å². The second-order valence-electron chi connectivity index (χ2n) is 21.6. The highest BCUT2D eigenvalue weighted by Gasteiger charge is 2.44. The number of likely N-dealkylation sites (tertiary alicyclic amines) is 1. The molecule has 75 heavy (non-hydrogen) atoms. The van der Waals surface area contributed by atoms with Gasteiger partial charge in [-0.1, -0.05) is 168 Å². The summed E-state index contributed by atoms with van der Waals surface area (Å²) < 4.78 is 41.6. The van der Waals surface area contributed by atoms with E-state index in [4.69, 9.17) is 28.2 Å². The fraction of sp³-hybridized carbons (Fsp3) is 0.742. The number of benzene rings is 2. The molecular formula is C62H104NO11P. The van der Waals surface area contributed by atoms with Crippen LogP contribution in [0.1, 0.15) is 262 Å². The van der Waals surface area contributed by atoms with Crippen LogP contribution in [0.15, 0.2) is 48.5 Å². The first-order valence-corrected chi connectivity index (χ1v) is 30.0. The molecule has 2 aromatic carbocycles. The predicted octanol–water partition coefficient (Wildman–Crippen LogP) is 16.9. The van der Waals surface area contributed by atoms with Crippen LogP contribution < -0.4 is 4.52 Å². The van der Waals surface area contributed by atoms with Crippen LogP contribution in [0, 0.1) is 6.92 Å². The van der Waals surface area contributed by atoms with Crippen LogP contribution in [0.3, 0.4) is 0 Å². The molecule has 0 aromatic heterocycles. The number of hydrogen-bond donors (Lipinski definition) is 0. The van der Waals surface area contributed by atoms with Gasteiger partial charge in [-0.15, -0.1) is 0 Å². The lowest BCUT2D eigenvalue weighted by atomic mass is 9.79. The Bertz CT molecular complexity index is 1780. The van der Waals surface area contributed by atoms with Crippen LogP contribution in [-0.2, 0) is 37.8 Å². The number of unbranched alkanes of at least 4 members (excludes halogenated alkanes) is 16. The zero-order valence-electron chi connectivity index (χ0n) is 48.9. The lowest BCUT2D eigenvalue weighted by molar-refractivity contribution is -0.158. The van der Waals surface area contributed by atoms with Gasteiger partial charge < -0.3 is 28.2 Å². The maximum absolute atomic E-state index is 11.9. The minimum atomic E-state index is -0.471. The minimum Gasteiger partial charge on any atom is -0.466 e. The molecule has 428 valence electrons. The second kappa shape index (κ2) is 42.2. The standard InChI is InChI=1S/C26H50O3.C16H22O4.C13H25NO2.C7H7O2P/c1-3-5-7-9-12-16-20-24-25(29-24)21-17-13-11-14-18-22-26(27)28-23-19-15-10-8-6-4-2;1-3-5-11-19-15(17)13-9-7-8-10-14(13)16(18)20-12-6-4-2;1-7-11(15)16-10-8-12(2,3)14(6)13(4,5)9-10;1-6-3-2-4-7(5-6)9-10-8/h24-25H,3-23H2,1-2H3;7-10H,3-6,11-12H2,1-2H3;10H,7-9H2,1-6H3;2-5H,1H3. The number of rotatable bonds is 34. The lowest BCUT2D eigenvalue weighted by Crippen LogP contribution is -2.60. The lowest BCUT2D eigenvalue weighted by Gasteiger charge is -2.53. The number of ether oxygens (including phenoxy) is 5. The summed E-state index contributed by atoms with van der Waals surface area (Å²) in [5, 5.41) is 0. The number of epoxide rings is 1. The Morgan fingerprint density at radius 3 is 1.49 bits per heavy atom. The highest BCUT2D eigenvalue weighted by atomic mass is 31.1. The third-order valence-corrected chi connectivity index (χ3v) is 14.3. The maximum atomic E-state index is 11.9. The number of carbonyl (C=O) groups excluding carboxylic acids is 4. The Hall–Kier alpha value is -3.86. The van der Waals surface area contributed by atoms with E-state index in [9.17, 15) is 23.7 Å². The van der Waals surface area contributed by atoms with Gasteiger partial charge in [0.25, 0.3) is 0 Å². The first-order chi connectivity index (χ1) is 36.0. The van der Waals surface area contributed by atoms with Crippen molar-refractivity contribution in [2.24, 2.45) is 0 Å². The zero-order chi connectivity index (χ0) is 55.7. The van der Waals surface area contributed by atoms with Crippen LogP contribution >= 0.6 is 8.69 Å². The summed E-state index contributed by atoms with van der Waals surface area (Å²) in [4.78, 5) is 49.3. The van der Waals surface area contributed by atoms with Crippen molar-refractivity contribution in [2.45, 2.75) is 272 Å². The molecule has 13 heteroatoms. The molecule has 2 aliphatic rings. The molecule has 2 saturated heterocycles. The summed E-state index contributed by atoms with van der Waals surface area (Å²) >= 11 is 0. The van der Waals surface area contributed by atoms with Crippen LogP contribution in [0.4, 0.5) is 0 Å². The third kappa shape index (κ3) is 33.1. The van der Waals surface area contributed by atoms with Gasteiger partial charge in [0.15, 0.2) is 0 Å². The van der Waals surface area contributed by atoms with Gasteiger partial charge >= 0.3 is 32.6 Å². The van der Waals surface area contributed by atoms with E-state index in [-0.39, 0.29) is 48.9 Å². The predicted molar refractivity (Wildman–Crippen MR) is 305 cm³/mol. The summed E-state index contributed by atoms with van der Waals surface area (Å²) in [6.07, 6.45) is 31.7. The summed E-state index contributed by atoms with van der Waals surface area (Å²) in [6.45, 7) is 22.5. The van der Waals surface area contributed by atoms with E-state index >= 15 is 0 Å². The number of piperidine rings is 1. The van der Waals surface area contributed by atoms with Crippen molar-refractivity contribution in [2.75, 3.05) is 26.9 Å². The van der Waals surface area contributed by atoms with Crippen molar-refractivity contribution in [3.63, 3.8) is 0 Å². The topological polar surface area (TPSA) is 147 Å². The van der Waals surface area contributed by atoms with Crippen LogP contribution in [0.25, 0.3) is 0 Å². The van der Waals surface area contributed by atoms with Crippen molar-refractivity contribution in [1.29, 1.82) is 0 Å². The summed E-state index contributed by atoms with van der Waals surface area (Å²) in [7, 11) is 1.85. The molecular weight excluding hydrogens is 966 g/mol. The molecule has 12 nitrogen and oxygen atoms in total. The molecule has 2 heterocycles. The van der Waals surface area contributed by atoms with Crippen LogP contribution in [0.5, 0.6) is 5.75 Å². The number of nitrogens with zero attached hydrogens (tertiary/aromatic N) is 1. The van der Waals surface area contributed by atoms with Crippen molar-refractivity contribution in [3.8, 4) is 5.75 Å². The van der Waals surface area contributed by atoms with E-state index in [1.807, 2.05) is 45.9 Å². The molecule has 0 saturated carbocycles. The Kier molecular flexibility index (Phi) is 38.9. The molecule has 2 aliphatic heterocycles. The zero-order valence-corrected chi connectivity index (χ0v) is 49.8. The summed E-state index contributed by atoms with van der Waals surface area (Å²) in [5.74, 6) is -0.386. The highest BCUT2D eigenvalue weighted by Crippen LogP contribution is 2.38. The average Bonchev–Trinajstić information content (AvgIpc) is 4.14. The van der Waals surface area contributed by atoms with Gasteiger partial charge in [0.2, 0.25) is 0 Å². The van der Waals surface area contributed by atoms with Gasteiger partial charge in [-0.05, 0) is 110 Å². The molecule has 2 aromatic rings. The normalized spacial score (nSPS) is 16.4. The minimum absolute atomic E-state index is 0.00229. The monoisotopic (exact) mass is 1070 g/mol. The SMILES string of the molecule is CCC(=O)OC1CC(C)(C)N(C)C(C)(C)C1.CCCCCCCCOC(=O)CCCCCCCC1OC1CCCCCCCC.CCCCOC(=O)c1ccccc1C(=O)OCCCC.Cc1cccc(OP=O)c1. The molecule has 2 fully saturated rings. The fourth-order valence-corrected chi connectivity index (χ4v) is 9.26. The van der Waals surface area contributed by atoms with Gasteiger partial charge in [-0.2, -0.15) is 0 Å². The van der Waals surface area contributed by atoms with Gasteiger partial charge in [0.05, 0.1) is 43.2 Å². The van der Waals surface area contributed by atoms with Crippen molar-refractivity contribution in [3.05, 3.63) is 65.2 Å². The summed E-state index contributed by atoms with van der Waals surface area (Å²) in [5.41, 5.74) is 1.80. The number of aryl methyl sites for hydroxylation is 1. The Morgan fingerprint density at radius 1 is 0.573 bits per heavy atom. The fourth-order valence-electron chi connectivity index (χ4n) is 9.06. The smallest absolute Gasteiger partial charge is 0.395 e. The molecule has 2 unspecified atom stereocenters. The molecule has 0 bridgehead atoms. The van der Waals surface area contributed by atoms with E-state index in [0.29, 0.717) is 50.6 Å². The Balaban J connectivity index is 0.000000532. The largest absolute Gasteiger partial charge is 0.466 e. The Morgan fingerprint density at radius 2 is 1.03 bits per heavy atom. The summed E-state index contributed by atoms with van der Waals surface area (Å²) in [6, 6.07) is 14.0. The second-order valence-corrected chi connectivity index (χ2v) is 22.0.